The standard InChI is InChI=1S/C20H19N3O5S/c1-3-5-17(24)21-13-6-4-7-14(10-13)22-20(29)23-19(25)12-8-15(26-2)18-16(9-12)27-11-28-18/h3-4,6-10H,1,5,11H2,2H3,(H,21,24)(H2,22,23,25,29). The van der Waals surface area contributed by atoms with E-state index in [4.69, 9.17) is 26.4 Å². The van der Waals surface area contributed by atoms with Crippen LogP contribution in [0.4, 0.5) is 11.4 Å². The van der Waals surface area contributed by atoms with Crippen molar-refractivity contribution in [3.8, 4) is 17.2 Å². The van der Waals surface area contributed by atoms with Crippen LogP contribution in [0.25, 0.3) is 0 Å². The molecule has 0 fully saturated rings. The van der Waals surface area contributed by atoms with Crippen LogP contribution in [-0.4, -0.2) is 30.8 Å². The molecule has 2 aromatic carbocycles. The largest absolute Gasteiger partial charge is 0.493 e. The van der Waals surface area contributed by atoms with Crippen molar-refractivity contribution in [2.45, 2.75) is 6.42 Å². The number of carbonyl (C=O) groups excluding carboxylic acids is 2. The fraction of sp³-hybridized carbons (Fsp3) is 0.150. The van der Waals surface area contributed by atoms with E-state index in [1.54, 1.807) is 36.4 Å². The van der Waals surface area contributed by atoms with Gasteiger partial charge in [0.05, 0.1) is 7.11 Å². The maximum absolute atomic E-state index is 12.5. The molecule has 0 saturated carbocycles. The SMILES string of the molecule is C=CCC(=O)Nc1cccc(NC(=S)NC(=O)c2cc(OC)c3c(c2)OCO3)c1. The molecule has 0 unspecified atom stereocenters. The van der Waals surface area contributed by atoms with Crippen LogP contribution in [0.1, 0.15) is 16.8 Å². The smallest absolute Gasteiger partial charge is 0.257 e. The van der Waals surface area contributed by atoms with E-state index in [2.05, 4.69) is 22.5 Å². The van der Waals surface area contributed by atoms with Crippen molar-refractivity contribution in [2.24, 2.45) is 0 Å². The molecule has 150 valence electrons. The lowest BCUT2D eigenvalue weighted by Crippen LogP contribution is -2.34. The molecule has 29 heavy (non-hydrogen) atoms. The molecule has 1 heterocycles. The fourth-order valence-electron chi connectivity index (χ4n) is 2.62. The molecule has 1 aliphatic rings. The number of fused-ring (bicyclic) bond motifs is 1. The first kappa shape index (κ1) is 20.2. The van der Waals surface area contributed by atoms with Crippen molar-refractivity contribution in [3.05, 3.63) is 54.6 Å². The number of ether oxygens (including phenoxy) is 3. The number of methoxy groups -OCH3 is 1. The first-order valence-corrected chi connectivity index (χ1v) is 9.01. The van der Waals surface area contributed by atoms with E-state index in [1.807, 2.05) is 0 Å². The van der Waals surface area contributed by atoms with Crippen molar-refractivity contribution in [2.75, 3.05) is 24.5 Å². The molecule has 3 rings (SSSR count). The predicted molar refractivity (Wildman–Crippen MR) is 113 cm³/mol. The molecule has 3 N–H and O–H groups in total. The first-order valence-electron chi connectivity index (χ1n) is 8.61. The van der Waals surface area contributed by atoms with Crippen LogP contribution in [0.3, 0.4) is 0 Å². The topological polar surface area (TPSA) is 97.9 Å². The molecule has 8 nitrogen and oxygen atoms in total. The molecule has 0 bridgehead atoms. The molecular weight excluding hydrogens is 394 g/mol. The molecule has 0 saturated heterocycles. The van der Waals surface area contributed by atoms with Gasteiger partial charge in [-0.05, 0) is 42.5 Å². The summed E-state index contributed by atoms with van der Waals surface area (Å²) in [5.41, 5.74) is 1.51. The van der Waals surface area contributed by atoms with Gasteiger partial charge >= 0.3 is 0 Å². The number of amides is 2. The van der Waals surface area contributed by atoms with Gasteiger partial charge in [-0.3, -0.25) is 14.9 Å². The van der Waals surface area contributed by atoms with E-state index in [0.29, 0.717) is 34.2 Å². The summed E-state index contributed by atoms with van der Waals surface area (Å²) in [6.45, 7) is 3.59. The van der Waals surface area contributed by atoms with Crippen molar-refractivity contribution in [1.82, 2.24) is 5.32 Å². The van der Waals surface area contributed by atoms with Gasteiger partial charge < -0.3 is 24.8 Å². The summed E-state index contributed by atoms with van der Waals surface area (Å²) >= 11 is 5.21. The molecule has 0 aromatic heterocycles. The van der Waals surface area contributed by atoms with Crippen LogP contribution >= 0.6 is 12.2 Å². The van der Waals surface area contributed by atoms with Gasteiger partial charge in [-0.15, -0.1) is 6.58 Å². The van der Waals surface area contributed by atoms with Crippen molar-refractivity contribution < 1.29 is 23.8 Å². The Morgan fingerprint density at radius 2 is 1.97 bits per heavy atom. The first-order chi connectivity index (χ1) is 14.0. The summed E-state index contributed by atoms with van der Waals surface area (Å²) in [6, 6.07) is 10.0. The molecule has 9 heteroatoms. The number of hydrogen-bond donors (Lipinski definition) is 3. The number of nitrogens with one attached hydrogen (secondary N) is 3. The zero-order valence-electron chi connectivity index (χ0n) is 15.6. The summed E-state index contributed by atoms with van der Waals surface area (Å²) in [5, 5.41) is 8.34. The molecule has 0 atom stereocenters. The summed E-state index contributed by atoms with van der Waals surface area (Å²) in [4.78, 5) is 24.2. The van der Waals surface area contributed by atoms with Crippen molar-refractivity contribution in [3.63, 3.8) is 0 Å². The minimum atomic E-state index is -0.436. The van der Waals surface area contributed by atoms with E-state index in [1.165, 1.54) is 13.2 Å². The highest BCUT2D eigenvalue weighted by molar-refractivity contribution is 7.80. The highest BCUT2D eigenvalue weighted by Crippen LogP contribution is 2.41. The molecule has 0 spiro atoms. The maximum Gasteiger partial charge on any atom is 0.257 e. The van der Waals surface area contributed by atoms with Gasteiger partial charge in [0.15, 0.2) is 16.6 Å². The van der Waals surface area contributed by atoms with Gasteiger partial charge in [-0.1, -0.05) is 12.1 Å². The van der Waals surface area contributed by atoms with Crippen molar-refractivity contribution >= 4 is 40.5 Å². The molecule has 2 amide bonds. The highest BCUT2D eigenvalue weighted by Gasteiger charge is 2.22. The lowest BCUT2D eigenvalue weighted by Gasteiger charge is -2.12. The van der Waals surface area contributed by atoms with Gasteiger partial charge in [0.25, 0.3) is 5.91 Å². The van der Waals surface area contributed by atoms with E-state index in [9.17, 15) is 9.59 Å². The normalized spacial score (nSPS) is 11.3. The Balaban J connectivity index is 1.65. The lowest BCUT2D eigenvalue weighted by atomic mass is 10.1. The highest BCUT2D eigenvalue weighted by atomic mass is 32.1. The summed E-state index contributed by atoms with van der Waals surface area (Å²) in [7, 11) is 1.48. The Kier molecular flexibility index (Phi) is 6.30. The average Bonchev–Trinajstić information content (AvgIpc) is 3.16. The number of thiocarbonyl (C=S) groups is 1. The Bertz CT molecular complexity index is 977. The number of rotatable bonds is 6. The molecule has 1 aliphatic heterocycles. The quantitative estimate of drug-likeness (QED) is 0.495. The third-order valence-corrected chi connectivity index (χ3v) is 4.09. The fourth-order valence-corrected chi connectivity index (χ4v) is 2.83. The minimum absolute atomic E-state index is 0.0659. The van der Waals surface area contributed by atoms with Crippen LogP contribution in [-0.2, 0) is 4.79 Å². The minimum Gasteiger partial charge on any atom is -0.493 e. The van der Waals surface area contributed by atoms with Crippen LogP contribution in [0.5, 0.6) is 17.2 Å². The van der Waals surface area contributed by atoms with E-state index < -0.39 is 5.91 Å². The molecule has 0 aliphatic carbocycles. The Morgan fingerprint density at radius 3 is 2.69 bits per heavy atom. The lowest BCUT2D eigenvalue weighted by molar-refractivity contribution is -0.115. The maximum atomic E-state index is 12.5. The number of hydrogen-bond acceptors (Lipinski definition) is 6. The molecule has 0 radical (unpaired) electrons. The van der Waals surface area contributed by atoms with Gasteiger partial charge in [0, 0.05) is 23.4 Å². The zero-order chi connectivity index (χ0) is 20.8. The average molecular weight is 413 g/mol. The third kappa shape index (κ3) is 5.02. The van der Waals surface area contributed by atoms with Crippen LogP contribution in [0.2, 0.25) is 0 Å². The van der Waals surface area contributed by atoms with Gasteiger partial charge in [-0.25, -0.2) is 0 Å². The Morgan fingerprint density at radius 1 is 1.21 bits per heavy atom. The van der Waals surface area contributed by atoms with Gasteiger partial charge in [0.2, 0.25) is 18.4 Å². The van der Waals surface area contributed by atoms with Crippen LogP contribution < -0.4 is 30.2 Å². The Hall–Kier alpha value is -3.59. The van der Waals surface area contributed by atoms with Crippen LogP contribution in [0, 0.1) is 0 Å². The van der Waals surface area contributed by atoms with Gasteiger partial charge in [-0.2, -0.15) is 0 Å². The second-order valence-electron chi connectivity index (χ2n) is 5.94. The van der Waals surface area contributed by atoms with Crippen molar-refractivity contribution in [1.29, 1.82) is 0 Å². The number of carbonyl (C=O) groups is 2. The van der Waals surface area contributed by atoms with E-state index >= 15 is 0 Å². The van der Waals surface area contributed by atoms with Crippen LogP contribution in [0.15, 0.2) is 49.1 Å². The summed E-state index contributed by atoms with van der Waals surface area (Å²) in [6.07, 6.45) is 1.73. The van der Waals surface area contributed by atoms with E-state index in [0.717, 1.165) is 0 Å². The molecular formula is C20H19N3O5S. The Labute approximate surface area is 172 Å². The summed E-state index contributed by atoms with van der Waals surface area (Å²) < 4.78 is 15.9. The van der Waals surface area contributed by atoms with E-state index in [-0.39, 0.29) is 24.2 Å². The second kappa shape index (κ2) is 9.07. The summed E-state index contributed by atoms with van der Waals surface area (Å²) in [5.74, 6) is 0.669. The second-order valence-corrected chi connectivity index (χ2v) is 6.35. The van der Waals surface area contributed by atoms with Gasteiger partial charge in [0.1, 0.15) is 0 Å². The monoisotopic (exact) mass is 413 g/mol. The number of benzene rings is 2. The zero-order valence-corrected chi connectivity index (χ0v) is 16.4. The molecule has 2 aromatic rings. The third-order valence-electron chi connectivity index (χ3n) is 3.88. The number of anilines is 2. The predicted octanol–water partition coefficient (Wildman–Crippen LogP) is 3.07.